The van der Waals surface area contributed by atoms with Crippen LogP contribution in [-0.2, 0) is 5.54 Å². The molecule has 15 heavy (non-hydrogen) atoms. The minimum Gasteiger partial charge on any atom is -0.327 e. The van der Waals surface area contributed by atoms with Crippen molar-refractivity contribution in [3.05, 3.63) is 30.6 Å². The molecule has 0 radical (unpaired) electrons. The van der Waals surface area contributed by atoms with Crippen LogP contribution >= 0.6 is 0 Å². The first-order valence-electron chi connectivity index (χ1n) is 5.51. The Bertz CT molecular complexity index is 421. The topological polar surface area (TPSA) is 17.8 Å². The van der Waals surface area contributed by atoms with Gasteiger partial charge in [-0.05, 0) is 39.0 Å². The van der Waals surface area contributed by atoms with Crippen LogP contribution in [0.25, 0.3) is 11.0 Å². The molecular formula is C13H20N2. The fourth-order valence-electron chi connectivity index (χ4n) is 1.51. The van der Waals surface area contributed by atoms with E-state index in [2.05, 4.69) is 48.7 Å². The SMILES string of the molecule is CC.CC(C)(C)n1ccc2cccnc21. The summed E-state index contributed by atoms with van der Waals surface area (Å²) in [6.07, 6.45) is 3.93. The van der Waals surface area contributed by atoms with Crippen molar-refractivity contribution in [3.8, 4) is 0 Å². The zero-order valence-corrected chi connectivity index (χ0v) is 10.3. The van der Waals surface area contributed by atoms with Gasteiger partial charge in [0.1, 0.15) is 5.65 Å². The average Bonchev–Trinajstić information content (AvgIpc) is 2.63. The smallest absolute Gasteiger partial charge is 0.140 e. The summed E-state index contributed by atoms with van der Waals surface area (Å²) in [4.78, 5) is 4.37. The molecule has 0 spiro atoms. The fourth-order valence-corrected chi connectivity index (χ4v) is 1.51. The normalized spacial score (nSPS) is 11.0. The second-order valence-corrected chi connectivity index (χ2v) is 4.27. The molecule has 0 unspecified atom stereocenters. The highest BCUT2D eigenvalue weighted by Crippen LogP contribution is 2.21. The van der Waals surface area contributed by atoms with Gasteiger partial charge in [-0.15, -0.1) is 0 Å². The van der Waals surface area contributed by atoms with E-state index in [0.717, 1.165) is 5.65 Å². The van der Waals surface area contributed by atoms with Crippen molar-refractivity contribution in [2.24, 2.45) is 0 Å². The van der Waals surface area contributed by atoms with E-state index in [0.29, 0.717) is 0 Å². The lowest BCUT2D eigenvalue weighted by atomic mass is 10.1. The van der Waals surface area contributed by atoms with E-state index in [1.165, 1.54) is 5.39 Å². The van der Waals surface area contributed by atoms with Gasteiger partial charge in [-0.1, -0.05) is 13.8 Å². The Hall–Kier alpha value is -1.31. The Labute approximate surface area is 91.9 Å². The van der Waals surface area contributed by atoms with E-state index in [4.69, 9.17) is 0 Å². The average molecular weight is 204 g/mol. The van der Waals surface area contributed by atoms with Crippen molar-refractivity contribution in [1.29, 1.82) is 0 Å². The molecular weight excluding hydrogens is 184 g/mol. The standard InChI is InChI=1S/C11H14N2.C2H6/c1-11(2,3)13-8-6-9-5-4-7-12-10(9)13;1-2/h4-8H,1-3H3;1-2H3. The molecule has 2 rings (SSSR count). The lowest BCUT2D eigenvalue weighted by molar-refractivity contribution is 0.408. The molecule has 2 aromatic heterocycles. The molecule has 2 nitrogen and oxygen atoms in total. The first-order valence-corrected chi connectivity index (χ1v) is 5.51. The zero-order chi connectivity index (χ0) is 11.5. The number of pyridine rings is 1. The van der Waals surface area contributed by atoms with Crippen LogP contribution in [0.4, 0.5) is 0 Å². The molecule has 0 amide bonds. The van der Waals surface area contributed by atoms with Gasteiger partial charge in [-0.25, -0.2) is 4.98 Å². The summed E-state index contributed by atoms with van der Waals surface area (Å²) in [5.74, 6) is 0. The lowest BCUT2D eigenvalue weighted by Gasteiger charge is -2.21. The highest BCUT2D eigenvalue weighted by atomic mass is 15.1. The first kappa shape index (κ1) is 11.8. The molecule has 0 aliphatic heterocycles. The molecule has 0 atom stereocenters. The number of nitrogens with zero attached hydrogens (tertiary/aromatic N) is 2. The summed E-state index contributed by atoms with van der Waals surface area (Å²) < 4.78 is 2.20. The quantitative estimate of drug-likeness (QED) is 0.638. The van der Waals surface area contributed by atoms with E-state index in [-0.39, 0.29) is 5.54 Å². The summed E-state index contributed by atoms with van der Waals surface area (Å²) in [5.41, 5.74) is 1.17. The van der Waals surface area contributed by atoms with Gasteiger partial charge >= 0.3 is 0 Å². The monoisotopic (exact) mass is 204 g/mol. The van der Waals surface area contributed by atoms with Crippen LogP contribution in [-0.4, -0.2) is 9.55 Å². The first-order chi connectivity index (χ1) is 7.09. The lowest BCUT2D eigenvalue weighted by Crippen LogP contribution is -2.20. The minimum atomic E-state index is 0.107. The summed E-state index contributed by atoms with van der Waals surface area (Å²) in [5, 5.41) is 1.21. The number of hydrogen-bond donors (Lipinski definition) is 0. The molecule has 82 valence electrons. The zero-order valence-electron chi connectivity index (χ0n) is 10.3. The Morgan fingerprint density at radius 3 is 2.40 bits per heavy atom. The second kappa shape index (κ2) is 4.47. The van der Waals surface area contributed by atoms with Gasteiger partial charge in [0.25, 0.3) is 0 Å². The van der Waals surface area contributed by atoms with Crippen molar-refractivity contribution >= 4 is 11.0 Å². The summed E-state index contributed by atoms with van der Waals surface area (Å²) in [6.45, 7) is 10.5. The molecule has 0 aliphatic rings. The molecule has 0 aromatic carbocycles. The van der Waals surface area contributed by atoms with Crippen LogP contribution in [0, 0.1) is 0 Å². The molecule has 0 saturated heterocycles. The van der Waals surface area contributed by atoms with Crippen LogP contribution in [0.2, 0.25) is 0 Å². The maximum atomic E-state index is 4.37. The third-order valence-electron chi connectivity index (χ3n) is 2.17. The highest BCUT2D eigenvalue weighted by molar-refractivity contribution is 5.76. The molecule has 2 heteroatoms. The Morgan fingerprint density at radius 2 is 1.80 bits per heavy atom. The maximum Gasteiger partial charge on any atom is 0.140 e. The van der Waals surface area contributed by atoms with Gasteiger partial charge in [-0.3, -0.25) is 0 Å². The molecule has 0 N–H and O–H groups in total. The van der Waals surface area contributed by atoms with E-state index in [9.17, 15) is 0 Å². The van der Waals surface area contributed by atoms with E-state index in [1.807, 2.05) is 26.1 Å². The molecule has 2 heterocycles. The van der Waals surface area contributed by atoms with Gasteiger partial charge in [0, 0.05) is 23.3 Å². The molecule has 0 bridgehead atoms. The van der Waals surface area contributed by atoms with E-state index >= 15 is 0 Å². The summed E-state index contributed by atoms with van der Waals surface area (Å²) in [7, 11) is 0. The number of aromatic nitrogens is 2. The van der Waals surface area contributed by atoms with Gasteiger partial charge in [0.2, 0.25) is 0 Å². The predicted molar refractivity (Wildman–Crippen MR) is 66.1 cm³/mol. The number of hydrogen-bond acceptors (Lipinski definition) is 1. The highest BCUT2D eigenvalue weighted by Gasteiger charge is 2.14. The van der Waals surface area contributed by atoms with Crippen LogP contribution in [0.3, 0.4) is 0 Å². The van der Waals surface area contributed by atoms with Crippen LogP contribution < -0.4 is 0 Å². The minimum absolute atomic E-state index is 0.107. The largest absolute Gasteiger partial charge is 0.327 e. The maximum absolute atomic E-state index is 4.37. The Balaban J connectivity index is 0.000000531. The van der Waals surface area contributed by atoms with Crippen LogP contribution in [0.5, 0.6) is 0 Å². The molecule has 0 aliphatic carbocycles. The third kappa shape index (κ3) is 2.38. The van der Waals surface area contributed by atoms with Crippen molar-refractivity contribution in [1.82, 2.24) is 9.55 Å². The van der Waals surface area contributed by atoms with Gasteiger partial charge < -0.3 is 4.57 Å². The van der Waals surface area contributed by atoms with Crippen LogP contribution in [0.15, 0.2) is 30.6 Å². The summed E-state index contributed by atoms with van der Waals surface area (Å²) >= 11 is 0. The Morgan fingerprint density at radius 1 is 1.13 bits per heavy atom. The summed E-state index contributed by atoms with van der Waals surface area (Å²) in [6, 6.07) is 6.16. The van der Waals surface area contributed by atoms with Crippen molar-refractivity contribution in [3.63, 3.8) is 0 Å². The molecule has 0 saturated carbocycles. The van der Waals surface area contributed by atoms with Crippen LogP contribution in [0.1, 0.15) is 34.6 Å². The van der Waals surface area contributed by atoms with E-state index < -0.39 is 0 Å². The number of rotatable bonds is 0. The predicted octanol–water partition coefficient (Wildman–Crippen LogP) is 3.82. The Kier molecular flexibility index (Phi) is 3.51. The fraction of sp³-hybridized carbons (Fsp3) is 0.462. The van der Waals surface area contributed by atoms with Crippen molar-refractivity contribution in [2.75, 3.05) is 0 Å². The second-order valence-electron chi connectivity index (χ2n) is 4.27. The van der Waals surface area contributed by atoms with Gasteiger partial charge in [0.15, 0.2) is 0 Å². The van der Waals surface area contributed by atoms with Crippen molar-refractivity contribution < 1.29 is 0 Å². The van der Waals surface area contributed by atoms with Gasteiger partial charge in [-0.2, -0.15) is 0 Å². The third-order valence-corrected chi connectivity index (χ3v) is 2.17. The number of fused-ring (bicyclic) bond motifs is 1. The van der Waals surface area contributed by atoms with Gasteiger partial charge in [0.05, 0.1) is 0 Å². The van der Waals surface area contributed by atoms with Crippen molar-refractivity contribution in [2.45, 2.75) is 40.2 Å². The molecule has 2 aromatic rings. The van der Waals surface area contributed by atoms with E-state index in [1.54, 1.807) is 0 Å². The molecule has 0 fully saturated rings.